The summed E-state index contributed by atoms with van der Waals surface area (Å²) >= 11 is 6.39. The number of hydrogen-bond donors (Lipinski definition) is 4. The number of aryl methyl sites for hydroxylation is 1. The first-order valence-electron chi connectivity index (χ1n) is 17.7. The minimum Gasteiger partial charge on any atom is -0.490 e. The monoisotopic (exact) mass is 717 g/mol. The molecule has 0 aromatic heterocycles. The van der Waals surface area contributed by atoms with Gasteiger partial charge in [-0.25, -0.2) is 13.1 Å². The summed E-state index contributed by atoms with van der Waals surface area (Å²) in [6.07, 6.45) is 8.43. The molecule has 4 aliphatic rings. The number of hydrogen-bond acceptors (Lipinski definition) is 9. The van der Waals surface area contributed by atoms with E-state index in [1.54, 1.807) is 32.2 Å². The van der Waals surface area contributed by atoms with Gasteiger partial charge >= 0.3 is 0 Å². The fraction of sp³-hybridized carbons (Fsp3) is 0.622. The van der Waals surface area contributed by atoms with Crippen LogP contribution in [0.4, 0.5) is 5.69 Å². The van der Waals surface area contributed by atoms with E-state index in [0.717, 1.165) is 68.5 Å². The lowest BCUT2D eigenvalue weighted by Crippen LogP contribution is -2.49. The Morgan fingerprint density at radius 3 is 2.53 bits per heavy atom. The maximum Gasteiger partial charge on any atom is 0.264 e. The number of halogens is 1. The van der Waals surface area contributed by atoms with Crippen molar-refractivity contribution < 1.29 is 33.0 Å². The number of anilines is 1. The van der Waals surface area contributed by atoms with Gasteiger partial charge < -0.3 is 30.0 Å². The predicted molar refractivity (Wildman–Crippen MR) is 192 cm³/mol. The first-order valence-corrected chi connectivity index (χ1v) is 19.6. The van der Waals surface area contributed by atoms with Crippen LogP contribution >= 0.6 is 11.6 Å². The Labute approximate surface area is 296 Å². The van der Waals surface area contributed by atoms with E-state index < -0.39 is 21.2 Å². The summed E-state index contributed by atoms with van der Waals surface area (Å²) in [4.78, 5) is 28.0. The second kappa shape index (κ2) is 16.1. The van der Waals surface area contributed by atoms with E-state index in [9.17, 15) is 18.0 Å². The van der Waals surface area contributed by atoms with Gasteiger partial charge in [-0.1, -0.05) is 31.0 Å². The molecule has 1 amide bonds. The van der Waals surface area contributed by atoms with E-state index >= 15 is 0 Å². The number of amides is 1. The fourth-order valence-electron chi connectivity index (χ4n) is 8.04. The second-order valence-corrected chi connectivity index (χ2v) is 17.0. The van der Waals surface area contributed by atoms with Crippen LogP contribution in [0.15, 0.2) is 36.4 Å². The summed E-state index contributed by atoms with van der Waals surface area (Å²) in [7, 11) is -2.20. The average molecular weight is 718 g/mol. The number of rotatable bonds is 4. The molecular weight excluding hydrogens is 666 g/mol. The summed E-state index contributed by atoms with van der Waals surface area (Å²) in [5.74, 6) is 0.559. The van der Waals surface area contributed by atoms with Gasteiger partial charge in [0.05, 0.1) is 36.8 Å². The van der Waals surface area contributed by atoms with Crippen molar-refractivity contribution in [3.63, 3.8) is 0 Å². The standard InChI is InChI=1S/C33H41ClN2O5S.C4H11NO2/c1-21-5-3-6-26(18-37)28-11-8-25(28)17-36-19-33(14-4-7-23-15-27(34)10-12-29(23)33)20-41-31-13-9-24(16-30(31)36)32(38)35-42(39,40)22(21)2;1-5-4(2-6)3-7/h9-10,12-13,15-16,18,21-22,25-26,28H,3-8,11,14,17,19-20H2,1-2H3,(H,35,38);4-7H,2-3H2,1H3/t21-,22+,25-,26?,28+,33-;/m0./s1. The molecule has 1 spiro atoms. The number of aliphatic hydroxyl groups excluding tert-OH is 2. The van der Waals surface area contributed by atoms with E-state index in [2.05, 4.69) is 27.1 Å². The highest BCUT2D eigenvalue weighted by atomic mass is 35.5. The van der Waals surface area contributed by atoms with Gasteiger partial charge in [0.15, 0.2) is 0 Å². The molecule has 0 radical (unpaired) electrons. The number of ether oxygens (including phenoxy) is 1. The van der Waals surface area contributed by atoms with E-state index in [0.29, 0.717) is 42.7 Å². The highest BCUT2D eigenvalue weighted by molar-refractivity contribution is 7.90. The number of carbonyl (C=O) groups excluding carboxylic acids is 2. The van der Waals surface area contributed by atoms with Crippen LogP contribution in [0.3, 0.4) is 0 Å². The molecule has 2 aliphatic heterocycles. The smallest absolute Gasteiger partial charge is 0.264 e. The summed E-state index contributed by atoms with van der Waals surface area (Å²) in [5.41, 5.74) is 3.37. The van der Waals surface area contributed by atoms with E-state index in [1.807, 2.05) is 13.0 Å². The number of nitrogens with one attached hydrogen (secondary N) is 2. The third-order valence-corrected chi connectivity index (χ3v) is 13.7. The summed E-state index contributed by atoms with van der Waals surface area (Å²) in [6, 6.07) is 11.3. The second-order valence-electron chi connectivity index (χ2n) is 14.5. The maximum atomic E-state index is 13.3. The Morgan fingerprint density at radius 1 is 1.10 bits per heavy atom. The van der Waals surface area contributed by atoms with Gasteiger partial charge in [0.25, 0.3) is 5.91 Å². The lowest BCUT2D eigenvalue weighted by Gasteiger charge is -2.46. The molecule has 2 bridgehead atoms. The number of aldehydes is 1. The van der Waals surface area contributed by atoms with Crippen molar-refractivity contribution >= 4 is 39.5 Å². The SMILES string of the molecule is CNC(CO)CO.C[C@@H]1[C@@H](C)CCCC(C=O)[C@@H]2CC[C@H]2CN2C[C@@]3(CCCc4cc(Cl)ccc43)COc3ccc(cc32)C(=O)NS1(=O)=O. The Bertz CT molecular complexity index is 1580. The number of likely N-dealkylation sites (N-methyl/N-ethyl adjacent to an activating group) is 1. The van der Waals surface area contributed by atoms with Crippen LogP contribution in [0.1, 0.15) is 80.3 Å². The number of sulfonamides is 1. The topological polar surface area (TPSA) is 145 Å². The van der Waals surface area contributed by atoms with Crippen molar-refractivity contribution in [2.24, 2.45) is 23.7 Å². The number of aliphatic hydroxyl groups is 2. The van der Waals surface area contributed by atoms with Gasteiger partial charge in [-0.15, -0.1) is 0 Å². The molecule has 2 aromatic rings. The lowest BCUT2D eigenvalue weighted by molar-refractivity contribution is -0.115. The van der Waals surface area contributed by atoms with Gasteiger partial charge in [0, 0.05) is 35.0 Å². The number of nitrogens with zero attached hydrogens (tertiary/aromatic N) is 1. The van der Waals surface area contributed by atoms with Crippen LogP contribution in [-0.2, 0) is 26.7 Å². The van der Waals surface area contributed by atoms with Crippen LogP contribution in [0.5, 0.6) is 5.75 Å². The Kier molecular flexibility index (Phi) is 12.3. The molecule has 4 N–H and O–H groups in total. The molecule has 2 aliphatic carbocycles. The molecule has 2 aromatic carbocycles. The van der Waals surface area contributed by atoms with Crippen LogP contribution in [0.25, 0.3) is 0 Å². The third kappa shape index (κ3) is 8.28. The molecule has 12 heteroatoms. The molecule has 270 valence electrons. The van der Waals surface area contributed by atoms with Crippen molar-refractivity contribution in [1.29, 1.82) is 0 Å². The number of fused-ring (bicyclic) bond motifs is 4. The maximum absolute atomic E-state index is 13.3. The van der Waals surface area contributed by atoms with Gasteiger partial charge in [0.1, 0.15) is 12.0 Å². The fourth-order valence-corrected chi connectivity index (χ4v) is 9.55. The van der Waals surface area contributed by atoms with E-state index in [1.165, 1.54) is 11.1 Å². The summed E-state index contributed by atoms with van der Waals surface area (Å²) < 4.78 is 35.3. The van der Waals surface area contributed by atoms with Crippen LogP contribution in [0, 0.1) is 23.7 Å². The van der Waals surface area contributed by atoms with Crippen molar-refractivity contribution in [3.8, 4) is 5.75 Å². The minimum atomic E-state index is -3.89. The van der Waals surface area contributed by atoms with Crippen LogP contribution < -0.4 is 19.7 Å². The van der Waals surface area contributed by atoms with Crippen molar-refractivity contribution in [3.05, 3.63) is 58.1 Å². The molecule has 6 atom stereocenters. The highest BCUT2D eigenvalue weighted by Gasteiger charge is 2.44. The van der Waals surface area contributed by atoms with Crippen LogP contribution in [-0.4, -0.2) is 82.1 Å². The minimum absolute atomic E-state index is 0.00694. The van der Waals surface area contributed by atoms with Crippen molar-refractivity contribution in [2.75, 3.05) is 44.9 Å². The van der Waals surface area contributed by atoms with Crippen molar-refractivity contribution in [1.82, 2.24) is 10.0 Å². The number of carbonyl (C=O) groups is 2. The predicted octanol–water partition coefficient (Wildman–Crippen LogP) is 4.48. The molecular formula is C37H52ClN3O7S. The summed E-state index contributed by atoms with van der Waals surface area (Å²) in [5, 5.41) is 19.3. The molecule has 0 saturated heterocycles. The third-order valence-electron chi connectivity index (χ3n) is 11.5. The molecule has 1 fully saturated rings. The Hall–Kier alpha value is -2.70. The van der Waals surface area contributed by atoms with Gasteiger partial charge in [-0.3, -0.25) is 4.79 Å². The molecule has 1 saturated carbocycles. The van der Waals surface area contributed by atoms with Gasteiger partial charge in [-0.05, 0) is 118 Å². The normalized spacial score (nSPS) is 29.6. The van der Waals surface area contributed by atoms with E-state index in [4.69, 9.17) is 26.6 Å². The zero-order valence-electron chi connectivity index (χ0n) is 28.9. The molecule has 6 rings (SSSR count). The van der Waals surface area contributed by atoms with Crippen LogP contribution in [0.2, 0.25) is 5.02 Å². The Morgan fingerprint density at radius 2 is 1.88 bits per heavy atom. The average Bonchev–Trinajstić information content (AvgIpc) is 3.22. The quantitative estimate of drug-likeness (QED) is 0.337. The summed E-state index contributed by atoms with van der Waals surface area (Å²) in [6.45, 7) is 5.52. The molecule has 49 heavy (non-hydrogen) atoms. The first kappa shape index (κ1) is 37.6. The molecule has 10 nitrogen and oxygen atoms in total. The first-order chi connectivity index (χ1) is 23.4. The number of benzene rings is 2. The Balaban J connectivity index is 0.000000606. The zero-order valence-corrected chi connectivity index (χ0v) is 30.4. The van der Waals surface area contributed by atoms with E-state index in [-0.39, 0.29) is 36.5 Å². The zero-order chi connectivity index (χ0) is 35.3. The molecule has 1 unspecified atom stereocenters. The highest BCUT2D eigenvalue weighted by Crippen LogP contribution is 2.47. The molecule has 2 heterocycles. The van der Waals surface area contributed by atoms with Gasteiger partial charge in [-0.2, -0.15) is 0 Å². The lowest BCUT2D eigenvalue weighted by atomic mass is 9.65. The van der Waals surface area contributed by atoms with Crippen molar-refractivity contribution in [2.45, 2.75) is 81.9 Å². The largest absolute Gasteiger partial charge is 0.490 e. The van der Waals surface area contributed by atoms with Gasteiger partial charge in [0.2, 0.25) is 10.0 Å².